The van der Waals surface area contributed by atoms with Gasteiger partial charge in [-0.3, -0.25) is 4.79 Å². The molecule has 2 aromatic carbocycles. The second-order valence-corrected chi connectivity index (χ2v) is 7.70. The van der Waals surface area contributed by atoms with Gasteiger partial charge in [-0.25, -0.2) is 4.99 Å². The summed E-state index contributed by atoms with van der Waals surface area (Å²) in [6.07, 6.45) is -0.218. The molecule has 2 aliphatic rings. The summed E-state index contributed by atoms with van der Waals surface area (Å²) in [6.45, 7) is 2.79. The van der Waals surface area contributed by atoms with E-state index in [0.717, 1.165) is 11.1 Å². The molecule has 7 nitrogen and oxygen atoms in total. The van der Waals surface area contributed by atoms with Gasteiger partial charge in [-0.05, 0) is 23.6 Å². The van der Waals surface area contributed by atoms with Gasteiger partial charge in [0.05, 0.1) is 17.9 Å². The van der Waals surface area contributed by atoms with Gasteiger partial charge in [0.25, 0.3) is 5.91 Å². The number of carbonyl (C=O) groups excluding carboxylic acids is 1. The molecular weight excluding hydrogens is 368 g/mol. The zero-order valence-corrected chi connectivity index (χ0v) is 16.7. The Kier molecular flexibility index (Phi) is 5.02. The first-order valence-corrected chi connectivity index (χ1v) is 9.86. The van der Waals surface area contributed by atoms with Gasteiger partial charge in [0.15, 0.2) is 5.72 Å². The Morgan fingerprint density at radius 3 is 2.72 bits per heavy atom. The number of guanidine groups is 1. The molecule has 2 heterocycles. The van der Waals surface area contributed by atoms with E-state index in [2.05, 4.69) is 10.2 Å². The van der Waals surface area contributed by atoms with Crippen LogP contribution in [0.5, 0.6) is 0 Å². The minimum absolute atomic E-state index is 0.346. The molecule has 2 aliphatic heterocycles. The minimum atomic E-state index is -1.07. The van der Waals surface area contributed by atoms with Crippen LogP contribution in [-0.4, -0.2) is 57.3 Å². The molecule has 1 fully saturated rings. The number of aliphatic imine (C=N–C) groups is 1. The van der Waals surface area contributed by atoms with Gasteiger partial charge in [-0.15, -0.1) is 0 Å². The van der Waals surface area contributed by atoms with E-state index in [4.69, 9.17) is 4.99 Å². The highest BCUT2D eigenvalue weighted by Crippen LogP contribution is 2.38. The molecule has 7 heteroatoms. The quantitative estimate of drug-likeness (QED) is 0.723. The van der Waals surface area contributed by atoms with Crippen molar-refractivity contribution in [3.63, 3.8) is 0 Å². The van der Waals surface area contributed by atoms with Crippen LogP contribution >= 0.6 is 0 Å². The molecule has 0 aromatic heterocycles. The fraction of sp³-hybridized carbons (Fsp3) is 0.364. The SMILES string of the molecule is CCC(O)C(=O)Nc1cccc2c1N=C1N(C2)CC(O)(Cc2ccccc2)N1C. The number of nitrogens with zero attached hydrogens (tertiary/aromatic N) is 3. The van der Waals surface area contributed by atoms with Crippen molar-refractivity contribution in [3.8, 4) is 0 Å². The molecule has 2 atom stereocenters. The van der Waals surface area contributed by atoms with Crippen molar-refractivity contribution in [2.24, 2.45) is 4.99 Å². The highest BCUT2D eigenvalue weighted by Gasteiger charge is 2.46. The fourth-order valence-corrected chi connectivity index (χ4v) is 3.91. The molecule has 1 saturated heterocycles. The lowest BCUT2D eigenvalue weighted by Gasteiger charge is -2.30. The van der Waals surface area contributed by atoms with Gasteiger partial charge >= 0.3 is 0 Å². The highest BCUT2D eigenvalue weighted by molar-refractivity contribution is 5.99. The van der Waals surface area contributed by atoms with Gasteiger partial charge in [-0.1, -0.05) is 49.4 Å². The summed E-state index contributed by atoms with van der Waals surface area (Å²) in [5, 5.41) is 23.9. The Labute approximate surface area is 170 Å². The summed E-state index contributed by atoms with van der Waals surface area (Å²) in [5.41, 5.74) is 2.20. The summed E-state index contributed by atoms with van der Waals surface area (Å²) in [5.74, 6) is 0.234. The maximum absolute atomic E-state index is 12.2. The first-order chi connectivity index (χ1) is 13.9. The zero-order chi connectivity index (χ0) is 20.6. The Bertz CT molecular complexity index is 946. The van der Waals surface area contributed by atoms with E-state index in [9.17, 15) is 15.0 Å². The maximum Gasteiger partial charge on any atom is 0.253 e. The Hall–Kier alpha value is -2.90. The smallest absolute Gasteiger partial charge is 0.253 e. The number of para-hydroxylation sites is 1. The molecule has 3 N–H and O–H groups in total. The van der Waals surface area contributed by atoms with Crippen molar-refractivity contribution in [1.29, 1.82) is 0 Å². The van der Waals surface area contributed by atoms with Crippen LogP contribution in [0.4, 0.5) is 11.4 Å². The molecule has 0 spiro atoms. The standard InChI is InChI=1S/C22H26N4O3/c1-3-18(27)20(28)23-17-11-7-10-16-13-26-14-22(29,12-15-8-5-4-6-9-15)25(2)21(26)24-19(16)17/h4-11,18,27,29H,3,12-14H2,1-2H3,(H,23,28). The van der Waals surface area contributed by atoms with Gasteiger partial charge in [-0.2, -0.15) is 0 Å². The minimum Gasteiger partial charge on any atom is -0.383 e. The van der Waals surface area contributed by atoms with Crippen molar-refractivity contribution in [2.45, 2.75) is 38.1 Å². The first kappa shape index (κ1) is 19.4. The Morgan fingerprint density at radius 1 is 1.24 bits per heavy atom. The third kappa shape index (κ3) is 3.59. The third-order valence-electron chi connectivity index (χ3n) is 5.62. The van der Waals surface area contributed by atoms with Crippen molar-refractivity contribution < 1.29 is 15.0 Å². The van der Waals surface area contributed by atoms with Crippen LogP contribution in [0.15, 0.2) is 53.5 Å². The molecule has 0 aliphatic carbocycles. The molecule has 2 unspecified atom stereocenters. The van der Waals surface area contributed by atoms with E-state index in [0.29, 0.717) is 43.3 Å². The molecule has 0 saturated carbocycles. The predicted molar refractivity (Wildman–Crippen MR) is 112 cm³/mol. The van der Waals surface area contributed by atoms with Crippen LogP contribution in [0.3, 0.4) is 0 Å². The van der Waals surface area contributed by atoms with Crippen molar-refractivity contribution in [1.82, 2.24) is 9.80 Å². The lowest BCUT2D eigenvalue weighted by Crippen LogP contribution is -2.46. The average molecular weight is 394 g/mol. The number of hydrogen-bond acceptors (Lipinski definition) is 6. The zero-order valence-electron chi connectivity index (χ0n) is 16.7. The third-order valence-corrected chi connectivity index (χ3v) is 5.62. The van der Waals surface area contributed by atoms with E-state index in [1.165, 1.54) is 0 Å². The van der Waals surface area contributed by atoms with Crippen LogP contribution in [0.25, 0.3) is 0 Å². The van der Waals surface area contributed by atoms with Crippen LogP contribution < -0.4 is 5.32 Å². The Morgan fingerprint density at radius 2 is 2.00 bits per heavy atom. The summed E-state index contributed by atoms with van der Waals surface area (Å²) in [7, 11) is 1.84. The summed E-state index contributed by atoms with van der Waals surface area (Å²) in [4.78, 5) is 20.8. The van der Waals surface area contributed by atoms with E-state index in [-0.39, 0.29) is 0 Å². The summed E-state index contributed by atoms with van der Waals surface area (Å²) < 4.78 is 0. The number of likely N-dealkylation sites (N-methyl/N-ethyl adjacent to an activating group) is 1. The lowest BCUT2D eigenvalue weighted by molar-refractivity contribution is -0.124. The number of nitrogens with one attached hydrogen (secondary N) is 1. The monoisotopic (exact) mass is 394 g/mol. The largest absolute Gasteiger partial charge is 0.383 e. The molecule has 0 radical (unpaired) electrons. The van der Waals surface area contributed by atoms with Gasteiger partial charge in [0.2, 0.25) is 5.96 Å². The number of anilines is 1. The van der Waals surface area contributed by atoms with E-state index in [1.54, 1.807) is 13.0 Å². The number of carbonyl (C=O) groups is 1. The first-order valence-electron chi connectivity index (χ1n) is 9.86. The number of rotatable bonds is 5. The molecule has 1 amide bonds. The normalized spacial score (nSPS) is 21.3. The molecule has 152 valence electrons. The predicted octanol–water partition coefficient (Wildman–Crippen LogP) is 2.08. The fourth-order valence-electron chi connectivity index (χ4n) is 3.91. The van der Waals surface area contributed by atoms with Crippen LogP contribution in [-0.2, 0) is 17.8 Å². The highest BCUT2D eigenvalue weighted by atomic mass is 16.3. The molecule has 29 heavy (non-hydrogen) atoms. The molecule has 0 bridgehead atoms. The van der Waals surface area contributed by atoms with Crippen molar-refractivity contribution >= 4 is 23.2 Å². The maximum atomic E-state index is 12.2. The Balaban J connectivity index is 1.62. The van der Waals surface area contributed by atoms with E-state index < -0.39 is 17.7 Å². The molecule has 4 rings (SSSR count). The number of aliphatic hydroxyl groups is 2. The van der Waals surface area contributed by atoms with Crippen molar-refractivity contribution in [3.05, 3.63) is 59.7 Å². The topological polar surface area (TPSA) is 88.4 Å². The number of fused-ring (bicyclic) bond motifs is 2. The molecular formula is C22H26N4O3. The van der Waals surface area contributed by atoms with Crippen LogP contribution in [0.2, 0.25) is 0 Å². The van der Waals surface area contributed by atoms with Crippen molar-refractivity contribution in [2.75, 3.05) is 18.9 Å². The van der Waals surface area contributed by atoms with Crippen LogP contribution in [0, 0.1) is 0 Å². The van der Waals surface area contributed by atoms with E-state index in [1.807, 2.05) is 54.4 Å². The van der Waals surface area contributed by atoms with Gasteiger partial charge in [0.1, 0.15) is 6.10 Å². The van der Waals surface area contributed by atoms with E-state index >= 15 is 0 Å². The van der Waals surface area contributed by atoms with Gasteiger partial charge < -0.3 is 25.3 Å². The second-order valence-electron chi connectivity index (χ2n) is 7.70. The molecule has 2 aromatic rings. The summed E-state index contributed by atoms with van der Waals surface area (Å²) >= 11 is 0. The number of hydrogen-bond donors (Lipinski definition) is 3. The number of amides is 1. The number of benzene rings is 2. The second kappa shape index (κ2) is 7.50. The number of aliphatic hydroxyl groups excluding tert-OH is 1. The lowest BCUT2D eigenvalue weighted by atomic mass is 10.0. The average Bonchev–Trinajstić information content (AvgIpc) is 2.96. The van der Waals surface area contributed by atoms with Gasteiger partial charge in [0, 0.05) is 20.0 Å². The summed E-state index contributed by atoms with van der Waals surface area (Å²) in [6, 6.07) is 15.5. The van der Waals surface area contributed by atoms with Crippen LogP contribution in [0.1, 0.15) is 24.5 Å².